The summed E-state index contributed by atoms with van der Waals surface area (Å²) in [6.07, 6.45) is 3.50. The average molecular weight is 306 g/mol. The molecule has 0 aliphatic carbocycles. The molecule has 1 fully saturated rings. The van der Waals surface area contributed by atoms with Gasteiger partial charge in [0.25, 0.3) is 5.91 Å². The molecule has 0 radical (unpaired) electrons. The summed E-state index contributed by atoms with van der Waals surface area (Å²) in [5.74, 6) is -0.136. The average Bonchev–Trinajstić information content (AvgIpc) is 2.84. The number of nitrogen functional groups attached to an aromatic ring is 1. The standard InChI is InChI=1S/C14H18N4O2S/c1-14(3-6-20-7-4-14)8-16-12(19)11-10(15)9-2-5-17-18-13(9)21-11/h2,5H,3-4,6-8,15H2,1H3,(H,16,19). The number of carbonyl (C=O) groups excluding carboxylic acids is 1. The van der Waals surface area contributed by atoms with Crippen molar-refractivity contribution in [2.24, 2.45) is 5.41 Å². The highest BCUT2D eigenvalue weighted by Crippen LogP contribution is 2.32. The first kappa shape index (κ1) is 14.2. The predicted molar refractivity (Wildman–Crippen MR) is 82.3 cm³/mol. The molecular weight excluding hydrogens is 288 g/mol. The van der Waals surface area contributed by atoms with Crippen molar-refractivity contribution in [1.82, 2.24) is 15.5 Å². The lowest BCUT2D eigenvalue weighted by atomic mass is 9.82. The van der Waals surface area contributed by atoms with Gasteiger partial charge in [-0.2, -0.15) is 5.10 Å². The zero-order valence-corrected chi connectivity index (χ0v) is 12.7. The van der Waals surface area contributed by atoms with Crippen molar-refractivity contribution < 1.29 is 9.53 Å². The molecule has 3 N–H and O–H groups in total. The molecule has 112 valence electrons. The molecule has 0 atom stereocenters. The maximum Gasteiger partial charge on any atom is 0.263 e. The van der Waals surface area contributed by atoms with E-state index in [0.29, 0.717) is 21.9 Å². The van der Waals surface area contributed by atoms with E-state index >= 15 is 0 Å². The van der Waals surface area contributed by atoms with Crippen molar-refractivity contribution in [3.05, 3.63) is 17.1 Å². The number of amides is 1. The van der Waals surface area contributed by atoms with Gasteiger partial charge in [-0.15, -0.1) is 16.4 Å². The lowest BCUT2D eigenvalue weighted by molar-refractivity contribution is 0.0239. The van der Waals surface area contributed by atoms with E-state index in [2.05, 4.69) is 22.4 Å². The van der Waals surface area contributed by atoms with Gasteiger partial charge < -0.3 is 15.8 Å². The number of anilines is 1. The fourth-order valence-corrected chi connectivity index (χ4v) is 3.41. The van der Waals surface area contributed by atoms with Crippen LogP contribution in [0.5, 0.6) is 0 Å². The quantitative estimate of drug-likeness (QED) is 0.902. The van der Waals surface area contributed by atoms with Crippen LogP contribution in [-0.2, 0) is 4.74 Å². The lowest BCUT2D eigenvalue weighted by Gasteiger charge is -2.33. The summed E-state index contributed by atoms with van der Waals surface area (Å²) in [5, 5.41) is 11.6. The lowest BCUT2D eigenvalue weighted by Crippen LogP contribution is -2.39. The molecule has 21 heavy (non-hydrogen) atoms. The Morgan fingerprint density at radius 3 is 3.00 bits per heavy atom. The van der Waals surface area contributed by atoms with Crippen LogP contribution in [0.15, 0.2) is 12.3 Å². The Labute approximate surface area is 126 Å². The van der Waals surface area contributed by atoms with E-state index in [1.54, 1.807) is 12.3 Å². The van der Waals surface area contributed by atoms with E-state index in [1.807, 2.05) is 0 Å². The number of carbonyl (C=O) groups is 1. The summed E-state index contributed by atoms with van der Waals surface area (Å²) < 4.78 is 5.37. The number of nitrogens with two attached hydrogens (primary N) is 1. The minimum Gasteiger partial charge on any atom is -0.397 e. The summed E-state index contributed by atoms with van der Waals surface area (Å²) >= 11 is 1.28. The molecule has 3 heterocycles. The Morgan fingerprint density at radius 1 is 1.52 bits per heavy atom. The van der Waals surface area contributed by atoms with Crippen molar-refractivity contribution in [2.45, 2.75) is 19.8 Å². The molecule has 0 unspecified atom stereocenters. The first-order chi connectivity index (χ1) is 10.1. The summed E-state index contributed by atoms with van der Waals surface area (Å²) in [7, 11) is 0. The minimum atomic E-state index is -0.136. The second kappa shape index (κ2) is 5.57. The smallest absolute Gasteiger partial charge is 0.263 e. The van der Waals surface area contributed by atoms with Gasteiger partial charge in [0.15, 0.2) is 0 Å². The molecule has 0 bridgehead atoms. The number of nitrogens with one attached hydrogen (secondary N) is 1. The predicted octanol–water partition coefficient (Wildman–Crippen LogP) is 1.82. The molecular formula is C14H18N4O2S. The van der Waals surface area contributed by atoms with Crippen LogP contribution in [0.25, 0.3) is 10.2 Å². The largest absolute Gasteiger partial charge is 0.397 e. The third-order valence-corrected chi connectivity index (χ3v) is 5.11. The Bertz CT molecular complexity index is 664. The van der Waals surface area contributed by atoms with E-state index in [0.717, 1.165) is 31.4 Å². The van der Waals surface area contributed by atoms with Crippen molar-refractivity contribution in [3.63, 3.8) is 0 Å². The number of thiophene rings is 1. The molecule has 1 saturated heterocycles. The maximum absolute atomic E-state index is 12.4. The van der Waals surface area contributed by atoms with E-state index in [-0.39, 0.29) is 11.3 Å². The molecule has 1 aliphatic rings. The van der Waals surface area contributed by atoms with Crippen LogP contribution in [-0.4, -0.2) is 35.9 Å². The first-order valence-electron chi connectivity index (χ1n) is 6.95. The van der Waals surface area contributed by atoms with Crippen LogP contribution in [0.4, 0.5) is 5.69 Å². The van der Waals surface area contributed by atoms with Gasteiger partial charge in [0, 0.05) is 25.1 Å². The topological polar surface area (TPSA) is 90.1 Å². The molecule has 0 spiro atoms. The Balaban J connectivity index is 1.73. The monoisotopic (exact) mass is 306 g/mol. The number of hydrogen-bond acceptors (Lipinski definition) is 6. The molecule has 3 rings (SSSR count). The third-order valence-electron chi connectivity index (χ3n) is 4.00. The zero-order valence-electron chi connectivity index (χ0n) is 11.9. The molecule has 2 aromatic rings. The van der Waals surface area contributed by atoms with Crippen LogP contribution in [0.3, 0.4) is 0 Å². The van der Waals surface area contributed by atoms with E-state index < -0.39 is 0 Å². The molecule has 0 aromatic carbocycles. The van der Waals surface area contributed by atoms with Crippen LogP contribution in [0, 0.1) is 5.41 Å². The number of aromatic nitrogens is 2. The van der Waals surface area contributed by atoms with Crippen molar-refractivity contribution in [2.75, 3.05) is 25.5 Å². The van der Waals surface area contributed by atoms with Gasteiger partial charge in [-0.05, 0) is 24.3 Å². The van der Waals surface area contributed by atoms with Gasteiger partial charge in [-0.25, -0.2) is 0 Å². The highest BCUT2D eigenvalue weighted by atomic mass is 32.1. The number of fused-ring (bicyclic) bond motifs is 1. The van der Waals surface area contributed by atoms with Crippen molar-refractivity contribution in [1.29, 1.82) is 0 Å². The Kier molecular flexibility index (Phi) is 3.77. The Hall–Kier alpha value is -1.73. The second-order valence-corrected chi connectivity index (χ2v) is 6.70. The van der Waals surface area contributed by atoms with Gasteiger partial charge >= 0.3 is 0 Å². The van der Waals surface area contributed by atoms with Gasteiger partial charge in [-0.1, -0.05) is 6.92 Å². The third kappa shape index (κ3) is 2.84. The van der Waals surface area contributed by atoms with Crippen molar-refractivity contribution in [3.8, 4) is 0 Å². The van der Waals surface area contributed by atoms with Crippen LogP contribution < -0.4 is 11.1 Å². The molecule has 7 heteroatoms. The van der Waals surface area contributed by atoms with Gasteiger partial charge in [0.2, 0.25) is 0 Å². The SMILES string of the molecule is CC1(CNC(=O)c2sc3nnccc3c2N)CCOCC1. The molecule has 2 aromatic heterocycles. The summed E-state index contributed by atoms with van der Waals surface area (Å²) in [6, 6.07) is 1.78. The van der Waals surface area contributed by atoms with E-state index in [4.69, 9.17) is 10.5 Å². The summed E-state index contributed by atoms with van der Waals surface area (Å²) in [4.78, 5) is 13.6. The van der Waals surface area contributed by atoms with Gasteiger partial charge in [-0.3, -0.25) is 4.79 Å². The fraction of sp³-hybridized carbons (Fsp3) is 0.500. The number of rotatable bonds is 3. The normalized spacial score (nSPS) is 17.8. The van der Waals surface area contributed by atoms with Crippen LogP contribution in [0.2, 0.25) is 0 Å². The fourth-order valence-electron chi connectivity index (χ4n) is 2.46. The van der Waals surface area contributed by atoms with Crippen LogP contribution in [0.1, 0.15) is 29.4 Å². The van der Waals surface area contributed by atoms with Gasteiger partial charge in [0.1, 0.15) is 9.71 Å². The van der Waals surface area contributed by atoms with E-state index in [1.165, 1.54) is 11.3 Å². The maximum atomic E-state index is 12.4. The van der Waals surface area contributed by atoms with Crippen molar-refractivity contribution >= 4 is 33.1 Å². The summed E-state index contributed by atoms with van der Waals surface area (Å²) in [5.41, 5.74) is 6.63. The molecule has 1 amide bonds. The Morgan fingerprint density at radius 2 is 2.29 bits per heavy atom. The number of nitrogens with zero attached hydrogens (tertiary/aromatic N) is 2. The van der Waals surface area contributed by atoms with Gasteiger partial charge in [0.05, 0.1) is 11.9 Å². The molecule has 6 nitrogen and oxygen atoms in total. The number of ether oxygens (including phenoxy) is 1. The molecule has 1 aliphatic heterocycles. The molecule has 0 saturated carbocycles. The second-order valence-electron chi connectivity index (χ2n) is 5.70. The number of hydrogen-bond donors (Lipinski definition) is 2. The summed E-state index contributed by atoms with van der Waals surface area (Å²) in [6.45, 7) is 4.32. The highest BCUT2D eigenvalue weighted by Gasteiger charge is 2.28. The minimum absolute atomic E-state index is 0.0964. The van der Waals surface area contributed by atoms with Crippen LogP contribution >= 0.6 is 11.3 Å². The van der Waals surface area contributed by atoms with E-state index in [9.17, 15) is 4.79 Å². The zero-order chi connectivity index (χ0) is 14.9. The first-order valence-corrected chi connectivity index (χ1v) is 7.76. The highest BCUT2D eigenvalue weighted by molar-refractivity contribution is 7.21.